The maximum Gasteiger partial charge on any atom is 0.126 e. The van der Waals surface area contributed by atoms with Gasteiger partial charge in [-0.2, -0.15) is 0 Å². The third-order valence-corrected chi connectivity index (χ3v) is 2.93. The third-order valence-electron chi connectivity index (χ3n) is 2.93. The third kappa shape index (κ3) is 1.23. The van der Waals surface area contributed by atoms with E-state index in [1.54, 1.807) is 0 Å². The predicted molar refractivity (Wildman–Crippen MR) is 54.4 cm³/mol. The van der Waals surface area contributed by atoms with Gasteiger partial charge in [-0.1, -0.05) is 6.07 Å². The number of benzene rings is 1. The van der Waals surface area contributed by atoms with Crippen molar-refractivity contribution in [3.8, 4) is 5.75 Å². The Hall–Kier alpha value is -0.980. The summed E-state index contributed by atoms with van der Waals surface area (Å²) in [6.45, 7) is 8.60. The van der Waals surface area contributed by atoms with Crippen LogP contribution in [-0.4, -0.2) is 6.10 Å². The van der Waals surface area contributed by atoms with E-state index < -0.39 is 0 Å². The molecule has 1 aromatic carbocycles. The first-order valence-electron chi connectivity index (χ1n) is 4.86. The Balaban J connectivity index is 2.62. The molecule has 0 bridgehead atoms. The Labute approximate surface area is 79.7 Å². The SMILES string of the molecule is Cc1cc(C)c2c(c1C)O[C@@H](C)C2. The first-order valence-corrected chi connectivity index (χ1v) is 4.86. The standard InChI is InChI=1S/C12H16O/c1-7-5-8(2)11-6-9(3)13-12(11)10(7)4/h5,9H,6H2,1-4H3/t9-/m0/s1. The summed E-state index contributed by atoms with van der Waals surface area (Å²) in [4.78, 5) is 0. The van der Waals surface area contributed by atoms with Crippen molar-refractivity contribution < 1.29 is 4.74 Å². The molecule has 0 radical (unpaired) electrons. The van der Waals surface area contributed by atoms with Crippen LogP contribution in [0.5, 0.6) is 5.75 Å². The van der Waals surface area contributed by atoms with Crippen LogP contribution >= 0.6 is 0 Å². The summed E-state index contributed by atoms with van der Waals surface area (Å²) in [5, 5.41) is 0. The Morgan fingerprint density at radius 1 is 1.23 bits per heavy atom. The van der Waals surface area contributed by atoms with Crippen LogP contribution in [0.15, 0.2) is 6.07 Å². The van der Waals surface area contributed by atoms with Gasteiger partial charge < -0.3 is 4.74 Å². The molecule has 0 aliphatic carbocycles. The zero-order valence-electron chi connectivity index (χ0n) is 8.77. The summed E-state index contributed by atoms with van der Waals surface area (Å²) < 4.78 is 5.80. The van der Waals surface area contributed by atoms with Crippen molar-refractivity contribution in [2.75, 3.05) is 0 Å². The average Bonchev–Trinajstić information content (AvgIpc) is 2.44. The maximum absolute atomic E-state index is 5.80. The lowest BCUT2D eigenvalue weighted by Crippen LogP contribution is -2.05. The minimum absolute atomic E-state index is 0.356. The Kier molecular flexibility index (Phi) is 1.83. The van der Waals surface area contributed by atoms with Crippen LogP contribution < -0.4 is 4.74 Å². The topological polar surface area (TPSA) is 9.23 Å². The van der Waals surface area contributed by atoms with Crippen molar-refractivity contribution in [2.45, 2.75) is 40.2 Å². The lowest BCUT2D eigenvalue weighted by Gasteiger charge is -2.09. The van der Waals surface area contributed by atoms with Crippen molar-refractivity contribution in [1.82, 2.24) is 0 Å². The number of hydrogen-bond donors (Lipinski definition) is 0. The van der Waals surface area contributed by atoms with Gasteiger partial charge in [0.05, 0.1) is 0 Å². The normalized spacial score (nSPS) is 19.8. The van der Waals surface area contributed by atoms with Crippen LogP contribution in [0, 0.1) is 20.8 Å². The van der Waals surface area contributed by atoms with E-state index in [1.165, 1.54) is 22.3 Å². The minimum Gasteiger partial charge on any atom is -0.490 e. The molecule has 1 nitrogen and oxygen atoms in total. The molecular weight excluding hydrogens is 160 g/mol. The molecule has 0 saturated heterocycles. The second kappa shape index (κ2) is 2.76. The highest BCUT2D eigenvalue weighted by Gasteiger charge is 2.23. The fraction of sp³-hybridized carbons (Fsp3) is 0.500. The van der Waals surface area contributed by atoms with Gasteiger partial charge in [-0.3, -0.25) is 0 Å². The van der Waals surface area contributed by atoms with Gasteiger partial charge in [0.15, 0.2) is 0 Å². The first-order chi connectivity index (χ1) is 6.09. The van der Waals surface area contributed by atoms with Crippen molar-refractivity contribution in [1.29, 1.82) is 0 Å². The van der Waals surface area contributed by atoms with Crippen LogP contribution in [0.25, 0.3) is 0 Å². The summed E-state index contributed by atoms with van der Waals surface area (Å²) in [7, 11) is 0. The number of aryl methyl sites for hydroxylation is 2. The second-order valence-electron chi connectivity index (χ2n) is 4.08. The molecule has 0 unspecified atom stereocenters. The van der Waals surface area contributed by atoms with Crippen molar-refractivity contribution in [2.24, 2.45) is 0 Å². The molecule has 1 heteroatoms. The van der Waals surface area contributed by atoms with E-state index in [0.29, 0.717) is 6.10 Å². The highest BCUT2D eigenvalue weighted by molar-refractivity contribution is 5.51. The van der Waals surface area contributed by atoms with Crippen LogP contribution in [0.3, 0.4) is 0 Å². The monoisotopic (exact) mass is 176 g/mol. The molecular formula is C12H16O. The summed E-state index contributed by atoms with van der Waals surface area (Å²) in [6, 6.07) is 2.26. The molecule has 70 valence electrons. The van der Waals surface area contributed by atoms with Gasteiger partial charge >= 0.3 is 0 Å². The molecule has 0 N–H and O–H groups in total. The second-order valence-corrected chi connectivity index (χ2v) is 4.08. The van der Waals surface area contributed by atoms with Gasteiger partial charge in [0, 0.05) is 12.0 Å². The molecule has 1 aliphatic rings. The van der Waals surface area contributed by atoms with Gasteiger partial charge in [-0.15, -0.1) is 0 Å². The van der Waals surface area contributed by atoms with E-state index >= 15 is 0 Å². The van der Waals surface area contributed by atoms with E-state index in [-0.39, 0.29) is 0 Å². The van der Waals surface area contributed by atoms with Gasteiger partial charge in [0.2, 0.25) is 0 Å². The Bertz CT molecular complexity index is 353. The molecule has 1 aliphatic heterocycles. The van der Waals surface area contributed by atoms with Crippen LogP contribution in [-0.2, 0) is 6.42 Å². The van der Waals surface area contributed by atoms with E-state index in [9.17, 15) is 0 Å². The predicted octanol–water partition coefficient (Wildman–Crippen LogP) is 2.94. The number of hydrogen-bond acceptors (Lipinski definition) is 1. The van der Waals surface area contributed by atoms with E-state index in [1.807, 2.05) is 0 Å². The lowest BCUT2D eigenvalue weighted by molar-refractivity contribution is 0.253. The smallest absolute Gasteiger partial charge is 0.126 e. The summed E-state index contributed by atoms with van der Waals surface area (Å²) in [5.41, 5.74) is 5.44. The largest absolute Gasteiger partial charge is 0.490 e. The molecule has 0 amide bonds. The zero-order valence-corrected chi connectivity index (χ0v) is 8.77. The Morgan fingerprint density at radius 3 is 2.62 bits per heavy atom. The minimum atomic E-state index is 0.356. The van der Waals surface area contributed by atoms with Crippen molar-refractivity contribution in [3.63, 3.8) is 0 Å². The van der Waals surface area contributed by atoms with E-state index in [0.717, 1.165) is 12.2 Å². The van der Waals surface area contributed by atoms with Crippen LogP contribution in [0.4, 0.5) is 0 Å². The molecule has 0 aromatic heterocycles. The van der Waals surface area contributed by atoms with Gasteiger partial charge in [0.1, 0.15) is 11.9 Å². The number of ether oxygens (including phenoxy) is 1. The fourth-order valence-corrected chi connectivity index (χ4v) is 2.05. The van der Waals surface area contributed by atoms with Gasteiger partial charge in [0.25, 0.3) is 0 Å². The average molecular weight is 176 g/mol. The highest BCUT2D eigenvalue weighted by Crippen LogP contribution is 2.36. The fourth-order valence-electron chi connectivity index (χ4n) is 2.05. The van der Waals surface area contributed by atoms with Crippen LogP contribution in [0.2, 0.25) is 0 Å². The highest BCUT2D eigenvalue weighted by atomic mass is 16.5. The van der Waals surface area contributed by atoms with Crippen LogP contribution in [0.1, 0.15) is 29.2 Å². The van der Waals surface area contributed by atoms with Gasteiger partial charge in [-0.05, 0) is 44.4 Å². The lowest BCUT2D eigenvalue weighted by atomic mass is 9.98. The number of fused-ring (bicyclic) bond motifs is 1. The van der Waals surface area contributed by atoms with Crippen molar-refractivity contribution in [3.05, 3.63) is 28.3 Å². The quantitative estimate of drug-likeness (QED) is 0.590. The maximum atomic E-state index is 5.80. The van der Waals surface area contributed by atoms with E-state index in [2.05, 4.69) is 33.8 Å². The van der Waals surface area contributed by atoms with Gasteiger partial charge in [-0.25, -0.2) is 0 Å². The summed E-state index contributed by atoms with van der Waals surface area (Å²) >= 11 is 0. The molecule has 1 aromatic rings. The number of rotatable bonds is 0. The van der Waals surface area contributed by atoms with Crippen molar-refractivity contribution >= 4 is 0 Å². The molecule has 0 fully saturated rings. The molecule has 1 heterocycles. The summed E-state index contributed by atoms with van der Waals surface area (Å²) in [5.74, 6) is 1.14. The van der Waals surface area contributed by atoms with E-state index in [4.69, 9.17) is 4.74 Å². The molecule has 2 rings (SSSR count). The summed E-state index contributed by atoms with van der Waals surface area (Å²) in [6.07, 6.45) is 1.43. The molecule has 1 atom stereocenters. The first kappa shape index (κ1) is 8.61. The Morgan fingerprint density at radius 2 is 1.92 bits per heavy atom. The molecule has 13 heavy (non-hydrogen) atoms. The zero-order chi connectivity index (χ0) is 9.59. The molecule has 0 spiro atoms. The molecule has 0 saturated carbocycles.